The summed E-state index contributed by atoms with van der Waals surface area (Å²) in [5.74, 6) is -0.965. The SMILES string of the molecule is CC(C)NC(=O)[C@@H]1C[C@@H](O)[C@H](NC(=O)C(c2ccccc2)c2ccccc2)C1. The van der Waals surface area contributed by atoms with Gasteiger partial charge in [0.15, 0.2) is 0 Å². The van der Waals surface area contributed by atoms with Crippen LogP contribution >= 0.6 is 0 Å². The average molecular weight is 380 g/mol. The molecule has 0 bridgehead atoms. The first kappa shape index (κ1) is 20.1. The molecule has 1 aliphatic carbocycles. The lowest BCUT2D eigenvalue weighted by atomic mass is 9.90. The van der Waals surface area contributed by atoms with Gasteiger partial charge < -0.3 is 15.7 Å². The van der Waals surface area contributed by atoms with Gasteiger partial charge in [-0.25, -0.2) is 0 Å². The van der Waals surface area contributed by atoms with Crippen LogP contribution in [0.5, 0.6) is 0 Å². The Kier molecular flexibility index (Phi) is 6.47. The number of hydrogen-bond acceptors (Lipinski definition) is 3. The Balaban J connectivity index is 1.75. The van der Waals surface area contributed by atoms with Gasteiger partial charge in [-0.15, -0.1) is 0 Å². The Morgan fingerprint density at radius 2 is 1.46 bits per heavy atom. The van der Waals surface area contributed by atoms with Crippen LogP contribution in [0.2, 0.25) is 0 Å². The lowest BCUT2D eigenvalue weighted by Crippen LogP contribution is -2.42. The van der Waals surface area contributed by atoms with Crippen molar-refractivity contribution < 1.29 is 14.7 Å². The van der Waals surface area contributed by atoms with E-state index in [4.69, 9.17) is 0 Å². The minimum atomic E-state index is -0.723. The molecule has 28 heavy (non-hydrogen) atoms. The number of carbonyl (C=O) groups excluding carboxylic acids is 2. The summed E-state index contributed by atoms with van der Waals surface area (Å²) < 4.78 is 0. The van der Waals surface area contributed by atoms with Gasteiger partial charge in [0.2, 0.25) is 11.8 Å². The quantitative estimate of drug-likeness (QED) is 0.721. The molecule has 3 N–H and O–H groups in total. The largest absolute Gasteiger partial charge is 0.391 e. The summed E-state index contributed by atoms with van der Waals surface area (Å²) in [5.41, 5.74) is 1.79. The number of rotatable bonds is 6. The molecule has 0 unspecified atom stereocenters. The van der Waals surface area contributed by atoms with Crippen molar-refractivity contribution in [2.24, 2.45) is 5.92 Å². The van der Waals surface area contributed by atoms with Gasteiger partial charge in [0.25, 0.3) is 0 Å². The Bertz CT molecular complexity index is 753. The van der Waals surface area contributed by atoms with Gasteiger partial charge in [-0.3, -0.25) is 9.59 Å². The fourth-order valence-electron chi connectivity index (χ4n) is 3.84. The van der Waals surface area contributed by atoms with Crippen molar-refractivity contribution in [3.05, 3.63) is 71.8 Å². The highest BCUT2D eigenvalue weighted by atomic mass is 16.3. The summed E-state index contributed by atoms with van der Waals surface area (Å²) in [4.78, 5) is 25.5. The first-order chi connectivity index (χ1) is 13.5. The van der Waals surface area contributed by atoms with Crippen LogP contribution in [0.25, 0.3) is 0 Å². The van der Waals surface area contributed by atoms with Crippen molar-refractivity contribution >= 4 is 11.8 Å². The third kappa shape index (κ3) is 4.78. The van der Waals surface area contributed by atoms with Gasteiger partial charge >= 0.3 is 0 Å². The molecule has 3 rings (SSSR count). The predicted molar refractivity (Wildman–Crippen MR) is 109 cm³/mol. The van der Waals surface area contributed by atoms with E-state index in [1.54, 1.807) is 0 Å². The van der Waals surface area contributed by atoms with Crippen LogP contribution in [-0.4, -0.2) is 35.1 Å². The molecule has 5 heteroatoms. The summed E-state index contributed by atoms with van der Waals surface area (Å²) in [6, 6.07) is 18.8. The highest BCUT2D eigenvalue weighted by Gasteiger charge is 2.38. The molecule has 5 nitrogen and oxygen atoms in total. The minimum absolute atomic E-state index is 0.0545. The van der Waals surface area contributed by atoms with Gasteiger partial charge in [-0.05, 0) is 37.8 Å². The van der Waals surface area contributed by atoms with Crippen molar-refractivity contribution in [2.75, 3.05) is 0 Å². The van der Waals surface area contributed by atoms with Crippen LogP contribution in [0.1, 0.15) is 43.7 Å². The molecule has 1 fully saturated rings. The summed E-state index contributed by atoms with van der Waals surface area (Å²) in [7, 11) is 0. The third-order valence-electron chi connectivity index (χ3n) is 5.19. The molecule has 0 saturated heterocycles. The van der Waals surface area contributed by atoms with E-state index in [0.29, 0.717) is 12.8 Å². The van der Waals surface area contributed by atoms with E-state index in [1.807, 2.05) is 74.5 Å². The van der Waals surface area contributed by atoms with Crippen LogP contribution in [-0.2, 0) is 9.59 Å². The smallest absolute Gasteiger partial charge is 0.232 e. The highest BCUT2D eigenvalue weighted by molar-refractivity contribution is 5.87. The Labute approximate surface area is 166 Å². The van der Waals surface area contributed by atoms with Crippen molar-refractivity contribution in [1.82, 2.24) is 10.6 Å². The van der Waals surface area contributed by atoms with Gasteiger partial charge in [0.05, 0.1) is 18.1 Å². The number of amides is 2. The van der Waals surface area contributed by atoms with Crippen molar-refractivity contribution in [3.8, 4) is 0 Å². The third-order valence-corrected chi connectivity index (χ3v) is 5.19. The normalized spacial score (nSPS) is 21.7. The lowest BCUT2D eigenvalue weighted by Gasteiger charge is -2.22. The average Bonchev–Trinajstić information content (AvgIpc) is 3.04. The van der Waals surface area contributed by atoms with E-state index in [9.17, 15) is 14.7 Å². The van der Waals surface area contributed by atoms with E-state index < -0.39 is 18.1 Å². The van der Waals surface area contributed by atoms with Crippen LogP contribution in [0.15, 0.2) is 60.7 Å². The number of nitrogens with one attached hydrogen (secondary N) is 2. The molecule has 3 atom stereocenters. The molecule has 0 spiro atoms. The molecular weight excluding hydrogens is 352 g/mol. The molecule has 0 aromatic heterocycles. The maximum absolute atomic E-state index is 13.2. The Hall–Kier alpha value is -2.66. The number of aliphatic hydroxyl groups is 1. The first-order valence-corrected chi connectivity index (χ1v) is 9.84. The van der Waals surface area contributed by atoms with Crippen LogP contribution in [0.4, 0.5) is 0 Å². The van der Waals surface area contributed by atoms with Gasteiger partial charge in [-0.2, -0.15) is 0 Å². The second kappa shape index (κ2) is 9.02. The zero-order chi connectivity index (χ0) is 20.1. The maximum atomic E-state index is 13.2. The van der Waals surface area contributed by atoms with E-state index in [0.717, 1.165) is 11.1 Å². The van der Waals surface area contributed by atoms with E-state index in [-0.39, 0.29) is 23.8 Å². The molecule has 148 valence electrons. The lowest BCUT2D eigenvalue weighted by molar-refractivity contribution is -0.126. The van der Waals surface area contributed by atoms with Crippen LogP contribution in [0.3, 0.4) is 0 Å². The molecule has 1 saturated carbocycles. The predicted octanol–water partition coefficient (Wildman–Crippen LogP) is 2.60. The van der Waals surface area contributed by atoms with Gasteiger partial charge in [0.1, 0.15) is 0 Å². The number of aliphatic hydroxyl groups excluding tert-OH is 1. The fraction of sp³-hybridized carbons (Fsp3) is 0.391. The summed E-state index contributed by atoms with van der Waals surface area (Å²) >= 11 is 0. The molecular formula is C23H28N2O3. The van der Waals surface area contributed by atoms with E-state index in [1.165, 1.54) is 0 Å². The highest BCUT2D eigenvalue weighted by Crippen LogP contribution is 2.29. The van der Waals surface area contributed by atoms with Crippen LogP contribution in [0, 0.1) is 5.92 Å². The zero-order valence-corrected chi connectivity index (χ0v) is 16.3. The number of benzene rings is 2. The first-order valence-electron chi connectivity index (χ1n) is 9.84. The van der Waals surface area contributed by atoms with Gasteiger partial charge in [0, 0.05) is 12.0 Å². The molecule has 1 aliphatic rings. The molecule has 2 aromatic rings. The standard InChI is InChI=1S/C23H28N2O3/c1-15(2)24-22(27)18-13-19(20(26)14-18)25-23(28)21(16-9-5-3-6-10-16)17-11-7-4-8-12-17/h3-12,15,18-21,26H,13-14H2,1-2H3,(H,24,27)(H,25,28)/t18-,19+,20+/m0/s1. The fourth-order valence-corrected chi connectivity index (χ4v) is 3.84. The molecule has 0 aliphatic heterocycles. The topological polar surface area (TPSA) is 78.4 Å². The van der Waals surface area contributed by atoms with Crippen molar-refractivity contribution in [1.29, 1.82) is 0 Å². The molecule has 2 amide bonds. The molecule has 0 heterocycles. The second-order valence-corrected chi connectivity index (χ2v) is 7.77. The summed E-state index contributed by atoms with van der Waals surface area (Å²) in [6.07, 6.45) is 0.0890. The van der Waals surface area contributed by atoms with E-state index in [2.05, 4.69) is 10.6 Å². The van der Waals surface area contributed by atoms with Crippen molar-refractivity contribution in [2.45, 2.75) is 50.8 Å². The van der Waals surface area contributed by atoms with Crippen molar-refractivity contribution in [3.63, 3.8) is 0 Å². The number of hydrogen-bond donors (Lipinski definition) is 3. The number of carbonyl (C=O) groups is 2. The Morgan fingerprint density at radius 1 is 0.929 bits per heavy atom. The van der Waals surface area contributed by atoms with Gasteiger partial charge in [-0.1, -0.05) is 60.7 Å². The zero-order valence-electron chi connectivity index (χ0n) is 16.3. The van der Waals surface area contributed by atoms with E-state index >= 15 is 0 Å². The monoisotopic (exact) mass is 380 g/mol. The summed E-state index contributed by atoms with van der Waals surface area (Å²) in [6.45, 7) is 3.82. The summed E-state index contributed by atoms with van der Waals surface area (Å²) in [5, 5.41) is 16.3. The second-order valence-electron chi connectivity index (χ2n) is 7.77. The molecule has 2 aromatic carbocycles. The molecule has 0 radical (unpaired) electrons. The Morgan fingerprint density at radius 3 is 1.96 bits per heavy atom. The maximum Gasteiger partial charge on any atom is 0.232 e. The minimum Gasteiger partial charge on any atom is -0.391 e. The van der Waals surface area contributed by atoms with Crippen LogP contribution < -0.4 is 10.6 Å².